The highest BCUT2D eigenvalue weighted by Crippen LogP contribution is 2.21. The topological polar surface area (TPSA) is 42.0 Å². The van der Waals surface area contributed by atoms with Crippen LogP contribution in [-0.2, 0) is 12.8 Å². The zero-order valence-electron chi connectivity index (χ0n) is 9.97. The molecule has 3 rings (SSSR count). The number of carbonyl (C=O) groups is 1. The minimum atomic E-state index is -0.0894. The third kappa shape index (κ3) is 2.12. The monoisotopic (exact) mass is 238 g/mol. The molecule has 0 bridgehead atoms. The van der Waals surface area contributed by atoms with Crippen molar-refractivity contribution < 1.29 is 4.79 Å². The molecule has 0 saturated carbocycles. The minimum absolute atomic E-state index is 0.0894. The molecule has 2 aromatic rings. The van der Waals surface area contributed by atoms with E-state index in [4.69, 9.17) is 0 Å². The molecule has 1 N–H and O–H groups in total. The number of aromatic nitrogens is 1. The summed E-state index contributed by atoms with van der Waals surface area (Å²) >= 11 is 0. The molecular formula is C15H14N2O. The molecule has 1 heterocycles. The zero-order valence-corrected chi connectivity index (χ0v) is 9.97. The zero-order chi connectivity index (χ0) is 12.4. The molecule has 0 atom stereocenters. The van der Waals surface area contributed by atoms with Crippen molar-refractivity contribution in [3.05, 3.63) is 65.5 Å². The Morgan fingerprint density at radius 3 is 2.33 bits per heavy atom. The lowest BCUT2D eigenvalue weighted by atomic mass is 10.1. The van der Waals surface area contributed by atoms with Gasteiger partial charge in [0.15, 0.2) is 0 Å². The van der Waals surface area contributed by atoms with Gasteiger partial charge < -0.3 is 5.32 Å². The van der Waals surface area contributed by atoms with Gasteiger partial charge in [0.1, 0.15) is 5.69 Å². The molecule has 1 aliphatic carbocycles. The number of amides is 1. The number of rotatable bonds is 2. The lowest BCUT2D eigenvalue weighted by Gasteiger charge is -2.11. The van der Waals surface area contributed by atoms with Gasteiger partial charge in [0.05, 0.1) is 0 Å². The summed E-state index contributed by atoms with van der Waals surface area (Å²) in [4.78, 5) is 16.0. The van der Waals surface area contributed by atoms with Crippen molar-refractivity contribution in [3.8, 4) is 0 Å². The second kappa shape index (κ2) is 4.61. The summed E-state index contributed by atoms with van der Waals surface area (Å²) in [6, 6.07) is 13.9. The first-order chi connectivity index (χ1) is 8.83. The standard InChI is InChI=1S/C15H14N2O/c18-15(14-7-3-4-8-16-14)17-13-9-11-5-1-2-6-12(11)10-13/h1-8,13H,9-10H2,(H,17,18). The summed E-state index contributed by atoms with van der Waals surface area (Å²) in [6.45, 7) is 0. The number of hydrogen-bond acceptors (Lipinski definition) is 2. The number of benzene rings is 1. The number of nitrogens with zero attached hydrogens (tertiary/aromatic N) is 1. The Hall–Kier alpha value is -2.16. The van der Waals surface area contributed by atoms with Crippen LogP contribution in [0.1, 0.15) is 21.6 Å². The Morgan fingerprint density at radius 1 is 1.06 bits per heavy atom. The van der Waals surface area contributed by atoms with E-state index in [2.05, 4.69) is 22.4 Å². The van der Waals surface area contributed by atoms with E-state index in [1.165, 1.54) is 11.1 Å². The van der Waals surface area contributed by atoms with E-state index in [0.29, 0.717) is 5.69 Å². The Bertz CT molecular complexity index is 541. The first kappa shape index (κ1) is 11.0. The molecule has 0 saturated heterocycles. The predicted octanol–water partition coefficient (Wildman–Crippen LogP) is 1.98. The summed E-state index contributed by atoms with van der Waals surface area (Å²) in [6.07, 6.45) is 3.46. The van der Waals surface area contributed by atoms with Gasteiger partial charge in [-0.05, 0) is 36.1 Å². The normalized spacial score (nSPS) is 14.2. The predicted molar refractivity (Wildman–Crippen MR) is 69.3 cm³/mol. The van der Waals surface area contributed by atoms with Crippen LogP contribution in [0.5, 0.6) is 0 Å². The first-order valence-electron chi connectivity index (χ1n) is 6.11. The molecule has 1 aliphatic rings. The van der Waals surface area contributed by atoms with Crippen LogP contribution in [0.2, 0.25) is 0 Å². The maximum atomic E-state index is 12.0. The van der Waals surface area contributed by atoms with Crippen LogP contribution in [0.3, 0.4) is 0 Å². The largest absolute Gasteiger partial charge is 0.347 e. The molecule has 0 aliphatic heterocycles. The number of hydrogen-bond donors (Lipinski definition) is 1. The second-order valence-corrected chi connectivity index (χ2v) is 4.56. The summed E-state index contributed by atoms with van der Waals surface area (Å²) in [5, 5.41) is 3.04. The lowest BCUT2D eigenvalue weighted by Crippen LogP contribution is -2.35. The molecule has 1 amide bonds. The molecule has 90 valence electrons. The molecule has 0 radical (unpaired) electrons. The van der Waals surface area contributed by atoms with Gasteiger partial charge in [-0.1, -0.05) is 30.3 Å². The maximum Gasteiger partial charge on any atom is 0.270 e. The highest BCUT2D eigenvalue weighted by atomic mass is 16.1. The van der Waals surface area contributed by atoms with Crippen molar-refractivity contribution >= 4 is 5.91 Å². The van der Waals surface area contributed by atoms with Gasteiger partial charge in [-0.15, -0.1) is 0 Å². The fourth-order valence-electron chi connectivity index (χ4n) is 2.42. The summed E-state index contributed by atoms with van der Waals surface area (Å²) in [7, 11) is 0. The van der Waals surface area contributed by atoms with Crippen LogP contribution < -0.4 is 5.32 Å². The molecule has 1 aromatic heterocycles. The highest BCUT2D eigenvalue weighted by Gasteiger charge is 2.22. The molecule has 18 heavy (non-hydrogen) atoms. The maximum absolute atomic E-state index is 12.0. The molecule has 3 heteroatoms. The summed E-state index contributed by atoms with van der Waals surface area (Å²) in [5.41, 5.74) is 3.15. The lowest BCUT2D eigenvalue weighted by molar-refractivity contribution is 0.0933. The van der Waals surface area contributed by atoms with Crippen LogP contribution in [0.4, 0.5) is 0 Å². The molecular weight excluding hydrogens is 224 g/mol. The average molecular weight is 238 g/mol. The van der Waals surface area contributed by atoms with Gasteiger partial charge in [-0.2, -0.15) is 0 Å². The number of fused-ring (bicyclic) bond motifs is 1. The van der Waals surface area contributed by atoms with Crippen molar-refractivity contribution in [1.29, 1.82) is 0 Å². The van der Waals surface area contributed by atoms with Crippen molar-refractivity contribution in [2.24, 2.45) is 0 Å². The van der Waals surface area contributed by atoms with E-state index < -0.39 is 0 Å². The van der Waals surface area contributed by atoms with E-state index in [-0.39, 0.29) is 11.9 Å². The van der Waals surface area contributed by atoms with Crippen LogP contribution in [0, 0.1) is 0 Å². The highest BCUT2D eigenvalue weighted by molar-refractivity contribution is 5.92. The van der Waals surface area contributed by atoms with Gasteiger partial charge in [0.25, 0.3) is 5.91 Å². The summed E-state index contributed by atoms with van der Waals surface area (Å²) < 4.78 is 0. The van der Waals surface area contributed by atoms with E-state index in [1.54, 1.807) is 12.3 Å². The Labute approximate surface area is 106 Å². The Balaban J connectivity index is 1.68. The number of nitrogens with one attached hydrogen (secondary N) is 1. The molecule has 1 aromatic carbocycles. The first-order valence-corrected chi connectivity index (χ1v) is 6.11. The van der Waals surface area contributed by atoms with Crippen molar-refractivity contribution in [3.63, 3.8) is 0 Å². The van der Waals surface area contributed by atoms with Crippen molar-refractivity contribution in [1.82, 2.24) is 10.3 Å². The van der Waals surface area contributed by atoms with E-state index in [1.807, 2.05) is 24.3 Å². The SMILES string of the molecule is O=C(NC1Cc2ccccc2C1)c1ccccn1. The van der Waals surface area contributed by atoms with Crippen LogP contribution in [0.15, 0.2) is 48.7 Å². The molecule has 0 fully saturated rings. The van der Waals surface area contributed by atoms with Gasteiger partial charge in [0.2, 0.25) is 0 Å². The fourth-order valence-corrected chi connectivity index (χ4v) is 2.42. The van der Waals surface area contributed by atoms with Gasteiger partial charge in [-0.3, -0.25) is 9.78 Å². The van der Waals surface area contributed by atoms with Crippen molar-refractivity contribution in [2.45, 2.75) is 18.9 Å². The van der Waals surface area contributed by atoms with E-state index in [9.17, 15) is 4.79 Å². The quantitative estimate of drug-likeness (QED) is 0.869. The average Bonchev–Trinajstić information content (AvgIpc) is 2.82. The Kier molecular flexibility index (Phi) is 2.81. The van der Waals surface area contributed by atoms with Gasteiger partial charge >= 0.3 is 0 Å². The number of carbonyl (C=O) groups excluding carboxylic acids is 1. The minimum Gasteiger partial charge on any atom is -0.347 e. The van der Waals surface area contributed by atoms with E-state index in [0.717, 1.165) is 12.8 Å². The molecule has 0 unspecified atom stereocenters. The van der Waals surface area contributed by atoms with Gasteiger partial charge in [-0.25, -0.2) is 0 Å². The van der Waals surface area contributed by atoms with Crippen LogP contribution in [0.25, 0.3) is 0 Å². The molecule has 3 nitrogen and oxygen atoms in total. The fraction of sp³-hybridized carbons (Fsp3) is 0.200. The van der Waals surface area contributed by atoms with Gasteiger partial charge in [0, 0.05) is 12.2 Å². The third-order valence-corrected chi connectivity index (χ3v) is 3.28. The van der Waals surface area contributed by atoms with Crippen molar-refractivity contribution in [2.75, 3.05) is 0 Å². The van der Waals surface area contributed by atoms with E-state index >= 15 is 0 Å². The van der Waals surface area contributed by atoms with Crippen LogP contribution >= 0.6 is 0 Å². The smallest absolute Gasteiger partial charge is 0.270 e. The summed E-state index contributed by atoms with van der Waals surface area (Å²) in [5.74, 6) is -0.0894. The third-order valence-electron chi connectivity index (χ3n) is 3.28. The second-order valence-electron chi connectivity index (χ2n) is 4.56. The number of pyridine rings is 1. The van der Waals surface area contributed by atoms with Crippen LogP contribution in [-0.4, -0.2) is 16.9 Å². The molecule has 0 spiro atoms. The Morgan fingerprint density at radius 2 is 1.72 bits per heavy atom.